The van der Waals surface area contributed by atoms with Crippen molar-refractivity contribution in [2.75, 3.05) is 38.1 Å². The van der Waals surface area contributed by atoms with Crippen LogP contribution in [0.3, 0.4) is 0 Å². The second-order valence-electron chi connectivity index (χ2n) is 13.0. The average molecular weight is 701 g/mol. The van der Waals surface area contributed by atoms with Gasteiger partial charge in [-0.2, -0.15) is 0 Å². The maximum Gasteiger partial charge on any atom is 0.335 e. The van der Waals surface area contributed by atoms with E-state index in [0.717, 1.165) is 18.4 Å². The number of aliphatic hydroxyl groups excluding tert-OH is 1. The number of likely N-dealkylation sites (N-methyl/N-ethyl adjacent to an activating group) is 1. The molecule has 0 spiro atoms. The second-order valence-corrected chi connectivity index (χ2v) is 14.6. The van der Waals surface area contributed by atoms with E-state index in [1.165, 1.54) is 19.9 Å². The minimum absolute atomic E-state index is 0.0681. The van der Waals surface area contributed by atoms with Crippen LogP contribution in [0.5, 0.6) is 5.75 Å². The fraction of sp³-hybridized carbons (Fsp3) is 0.514. The first-order chi connectivity index (χ1) is 23.2. The molecule has 0 saturated carbocycles. The smallest absolute Gasteiger partial charge is 0.335 e. The molecular formula is C35H48N4O9S. The number of carboxylic acid groups (broad SMARTS) is 1. The Balaban J connectivity index is 1.63. The van der Waals surface area contributed by atoms with E-state index in [-0.39, 0.29) is 64.4 Å². The van der Waals surface area contributed by atoms with Gasteiger partial charge in [0.1, 0.15) is 11.4 Å². The van der Waals surface area contributed by atoms with Gasteiger partial charge in [0, 0.05) is 37.8 Å². The number of sulfonamides is 1. The minimum atomic E-state index is -4.09. The van der Waals surface area contributed by atoms with Gasteiger partial charge in [0.25, 0.3) is 15.9 Å². The number of aromatic carboxylic acids is 1. The highest BCUT2D eigenvalue weighted by molar-refractivity contribution is 7.92. The Morgan fingerprint density at radius 1 is 1.14 bits per heavy atom. The Labute approximate surface area is 288 Å². The van der Waals surface area contributed by atoms with E-state index < -0.39 is 27.9 Å². The highest BCUT2D eigenvalue weighted by atomic mass is 32.2. The summed E-state index contributed by atoms with van der Waals surface area (Å²) in [5, 5.41) is 23.2. The molecule has 0 saturated heterocycles. The zero-order valence-corrected chi connectivity index (χ0v) is 29.8. The van der Waals surface area contributed by atoms with E-state index >= 15 is 0 Å². The Morgan fingerprint density at radius 3 is 2.49 bits per heavy atom. The van der Waals surface area contributed by atoms with Crippen LogP contribution in [0, 0.1) is 19.8 Å². The monoisotopic (exact) mass is 700 g/mol. The van der Waals surface area contributed by atoms with Crippen LogP contribution in [0.2, 0.25) is 0 Å². The number of carbonyl (C=O) groups excluding carboxylic acids is 1. The van der Waals surface area contributed by atoms with E-state index in [4.69, 9.17) is 14.0 Å². The van der Waals surface area contributed by atoms with Crippen LogP contribution in [0.1, 0.15) is 77.8 Å². The van der Waals surface area contributed by atoms with Gasteiger partial charge >= 0.3 is 5.97 Å². The summed E-state index contributed by atoms with van der Waals surface area (Å²) in [6.07, 6.45) is 1.84. The number of hydrogen-bond donors (Lipinski definition) is 3. The van der Waals surface area contributed by atoms with Crippen LogP contribution in [-0.2, 0) is 21.3 Å². The maximum atomic E-state index is 14.4. The van der Waals surface area contributed by atoms with Crippen molar-refractivity contribution in [3.63, 3.8) is 0 Å². The van der Waals surface area contributed by atoms with Gasteiger partial charge in [-0.1, -0.05) is 24.2 Å². The number of aryl methyl sites for hydroxylation is 2. The molecule has 1 amide bonds. The number of anilines is 1. The minimum Gasteiger partial charge on any atom is -0.490 e. The quantitative estimate of drug-likeness (QED) is 0.267. The van der Waals surface area contributed by atoms with Crippen molar-refractivity contribution in [1.82, 2.24) is 15.0 Å². The first-order valence-corrected chi connectivity index (χ1v) is 18.0. The predicted molar refractivity (Wildman–Crippen MR) is 183 cm³/mol. The summed E-state index contributed by atoms with van der Waals surface area (Å²) < 4.78 is 46.9. The first kappa shape index (κ1) is 37.8. The average Bonchev–Trinajstić information content (AvgIpc) is 3.40. The zero-order valence-electron chi connectivity index (χ0n) is 29.0. The second kappa shape index (κ2) is 16.6. The molecule has 2 aromatic carbocycles. The number of aromatic nitrogens is 1. The zero-order chi connectivity index (χ0) is 35.9. The summed E-state index contributed by atoms with van der Waals surface area (Å²) in [6, 6.07) is 10.8. The fourth-order valence-electron chi connectivity index (χ4n) is 5.95. The number of rotatable bonds is 10. The molecule has 268 valence electrons. The molecule has 0 aliphatic carbocycles. The Kier molecular flexibility index (Phi) is 12.8. The highest BCUT2D eigenvalue weighted by Crippen LogP contribution is 2.30. The summed E-state index contributed by atoms with van der Waals surface area (Å²) >= 11 is 0. The van der Waals surface area contributed by atoms with E-state index in [2.05, 4.69) is 14.8 Å². The SMILES string of the molecule is Cc1noc(C)c1S(=O)(=O)Nc1ccc2c(c1)C(=O)N([C@@H](C)CO)C[C@H](C)[C@H](CN(C)Cc1ccc(C(=O)O)cc1)OCCCC[C@@H](C)O2. The Hall–Kier alpha value is -3.98. The lowest BCUT2D eigenvalue weighted by molar-refractivity contribution is -0.0177. The van der Waals surface area contributed by atoms with E-state index in [1.54, 1.807) is 48.2 Å². The number of nitrogens with one attached hydrogen (secondary N) is 1. The Bertz CT molecular complexity index is 1670. The van der Waals surface area contributed by atoms with Crippen LogP contribution in [0.15, 0.2) is 51.9 Å². The molecular weight excluding hydrogens is 652 g/mol. The topological polar surface area (TPSA) is 172 Å². The molecule has 3 N–H and O–H groups in total. The van der Waals surface area contributed by atoms with Gasteiger partial charge in [-0.15, -0.1) is 0 Å². The molecule has 2 heterocycles. The lowest BCUT2D eigenvalue weighted by atomic mass is 10.0. The third kappa shape index (κ3) is 9.81. The van der Waals surface area contributed by atoms with Gasteiger partial charge < -0.3 is 29.1 Å². The number of ether oxygens (including phenoxy) is 2. The van der Waals surface area contributed by atoms with Crippen LogP contribution in [-0.4, -0.2) is 97.1 Å². The van der Waals surface area contributed by atoms with Crippen molar-refractivity contribution in [1.29, 1.82) is 0 Å². The summed E-state index contributed by atoms with van der Waals surface area (Å²) in [7, 11) is -2.12. The van der Waals surface area contributed by atoms with Crippen LogP contribution in [0.4, 0.5) is 5.69 Å². The van der Waals surface area contributed by atoms with Gasteiger partial charge in [0.15, 0.2) is 10.7 Å². The molecule has 0 bridgehead atoms. The number of amides is 1. The van der Waals surface area contributed by atoms with E-state index in [9.17, 15) is 28.2 Å². The van der Waals surface area contributed by atoms with Crippen molar-refractivity contribution in [3.05, 3.63) is 70.6 Å². The van der Waals surface area contributed by atoms with Gasteiger partial charge in [-0.05, 0) is 89.9 Å². The summed E-state index contributed by atoms with van der Waals surface area (Å²) in [4.78, 5) is 29.3. The van der Waals surface area contributed by atoms with Crippen LogP contribution >= 0.6 is 0 Å². The van der Waals surface area contributed by atoms with Gasteiger partial charge in [-0.3, -0.25) is 14.4 Å². The number of carboxylic acids is 1. The molecule has 49 heavy (non-hydrogen) atoms. The van der Waals surface area contributed by atoms with E-state index in [0.29, 0.717) is 31.9 Å². The Morgan fingerprint density at radius 2 is 1.86 bits per heavy atom. The molecule has 13 nitrogen and oxygen atoms in total. The normalized spacial score (nSPS) is 20.3. The molecule has 1 aliphatic heterocycles. The largest absolute Gasteiger partial charge is 0.490 e. The number of hydrogen-bond acceptors (Lipinski definition) is 10. The van der Waals surface area contributed by atoms with Crippen LogP contribution in [0.25, 0.3) is 0 Å². The third-order valence-electron chi connectivity index (χ3n) is 8.69. The first-order valence-electron chi connectivity index (χ1n) is 16.5. The molecule has 1 aromatic heterocycles. The third-order valence-corrected chi connectivity index (χ3v) is 10.3. The predicted octanol–water partition coefficient (Wildman–Crippen LogP) is 4.72. The summed E-state index contributed by atoms with van der Waals surface area (Å²) in [6.45, 7) is 10.3. The molecule has 3 aromatic rings. The van der Waals surface area contributed by atoms with Gasteiger partial charge in [-0.25, -0.2) is 13.2 Å². The van der Waals surface area contributed by atoms with Gasteiger partial charge in [0.2, 0.25) is 0 Å². The van der Waals surface area contributed by atoms with Crippen molar-refractivity contribution >= 4 is 27.6 Å². The lowest BCUT2D eigenvalue weighted by Gasteiger charge is -2.36. The fourth-order valence-corrected chi connectivity index (χ4v) is 7.33. The number of fused-ring (bicyclic) bond motifs is 1. The molecule has 1 aliphatic rings. The number of carbonyl (C=O) groups is 2. The van der Waals surface area contributed by atoms with Crippen molar-refractivity contribution < 1.29 is 42.2 Å². The molecule has 0 radical (unpaired) electrons. The molecule has 0 fully saturated rings. The lowest BCUT2D eigenvalue weighted by Crippen LogP contribution is -2.47. The van der Waals surface area contributed by atoms with E-state index in [1.807, 2.05) is 20.9 Å². The molecule has 14 heteroatoms. The highest BCUT2D eigenvalue weighted by Gasteiger charge is 2.31. The van der Waals surface area contributed by atoms with Crippen LogP contribution < -0.4 is 9.46 Å². The summed E-state index contributed by atoms with van der Waals surface area (Å²) in [5.41, 5.74) is 1.72. The van der Waals surface area contributed by atoms with Crippen molar-refractivity contribution in [2.24, 2.45) is 5.92 Å². The standard InChI is InChI=1S/C35H48N4O9S/c1-22-18-39(23(2)21-40)34(41)30-17-29(37-49(44,45)33-25(4)36-48-26(33)5)14-15-31(30)47-24(3)9-7-8-16-46-32(22)20-38(6)19-27-10-12-28(13-11-27)35(42)43/h10-15,17,22-24,32,37,40H,7-9,16,18-21H2,1-6H3,(H,42,43)/t22-,23-,24+,32-/m0/s1. The van der Waals surface area contributed by atoms with Crippen molar-refractivity contribution in [3.8, 4) is 5.75 Å². The number of aliphatic hydroxyl groups is 1. The molecule has 4 atom stereocenters. The van der Waals surface area contributed by atoms with Crippen molar-refractivity contribution in [2.45, 2.75) is 83.6 Å². The molecule has 4 rings (SSSR count). The molecule has 0 unspecified atom stereocenters. The maximum absolute atomic E-state index is 14.4. The number of nitrogens with zero attached hydrogens (tertiary/aromatic N) is 3. The van der Waals surface area contributed by atoms with Gasteiger partial charge in [0.05, 0.1) is 36.0 Å². The number of benzene rings is 2. The summed E-state index contributed by atoms with van der Waals surface area (Å²) in [5.74, 6) is -1.10.